The highest BCUT2D eigenvalue weighted by Gasteiger charge is 2.45. The highest BCUT2D eigenvalue weighted by molar-refractivity contribution is 6.30. The molecule has 1 saturated carbocycles. The highest BCUT2D eigenvalue weighted by Crippen LogP contribution is 2.50. The number of amides is 1. The van der Waals surface area contributed by atoms with Gasteiger partial charge < -0.3 is 4.57 Å². The quantitative estimate of drug-likeness (QED) is 0.460. The molecule has 0 N–H and O–H groups in total. The SMILES string of the molecule is Cc1cc(N2C(=O)c3c(C4CC4)cn(C)c3[C@H]2c2ccc(Cl)cc2)cn2c(C)nnc12. The maximum absolute atomic E-state index is 13.9. The fourth-order valence-corrected chi connectivity index (χ4v) is 5.02. The number of carbonyl (C=O) groups excluding carboxylic acids is 1. The third-order valence-electron chi connectivity index (χ3n) is 6.53. The Kier molecular flexibility index (Phi) is 3.87. The summed E-state index contributed by atoms with van der Waals surface area (Å²) in [5.41, 5.74) is 6.78. The number of hydrogen-bond acceptors (Lipinski definition) is 3. The molecule has 6 rings (SSSR count). The monoisotopic (exact) mass is 431 g/mol. The lowest BCUT2D eigenvalue weighted by molar-refractivity contribution is 0.0992. The van der Waals surface area contributed by atoms with E-state index in [0.717, 1.165) is 52.4 Å². The molecule has 1 atom stereocenters. The Bertz CT molecular complexity index is 1360. The van der Waals surface area contributed by atoms with Crippen molar-refractivity contribution in [2.75, 3.05) is 4.90 Å². The summed E-state index contributed by atoms with van der Waals surface area (Å²) in [5, 5.41) is 9.16. The largest absolute Gasteiger partial charge is 0.351 e. The van der Waals surface area contributed by atoms with E-state index in [0.29, 0.717) is 10.9 Å². The summed E-state index contributed by atoms with van der Waals surface area (Å²) in [6.45, 7) is 3.93. The third-order valence-corrected chi connectivity index (χ3v) is 6.79. The summed E-state index contributed by atoms with van der Waals surface area (Å²) in [6, 6.07) is 9.63. The number of anilines is 1. The van der Waals surface area contributed by atoms with Gasteiger partial charge in [0.2, 0.25) is 0 Å². The van der Waals surface area contributed by atoms with Crippen LogP contribution in [0.4, 0.5) is 5.69 Å². The van der Waals surface area contributed by atoms with Gasteiger partial charge in [-0.1, -0.05) is 23.7 Å². The smallest absolute Gasteiger partial charge is 0.261 e. The Hall–Kier alpha value is -3.12. The maximum Gasteiger partial charge on any atom is 0.261 e. The van der Waals surface area contributed by atoms with Crippen LogP contribution in [0.25, 0.3) is 5.65 Å². The second-order valence-electron chi connectivity index (χ2n) is 8.68. The molecule has 7 heteroatoms. The second-order valence-corrected chi connectivity index (χ2v) is 9.12. The first-order valence-corrected chi connectivity index (χ1v) is 10.9. The molecule has 2 aliphatic rings. The zero-order valence-electron chi connectivity index (χ0n) is 17.6. The summed E-state index contributed by atoms with van der Waals surface area (Å²) >= 11 is 6.17. The summed E-state index contributed by atoms with van der Waals surface area (Å²) in [7, 11) is 2.04. The Balaban J connectivity index is 1.59. The second kappa shape index (κ2) is 6.44. The van der Waals surface area contributed by atoms with Crippen LogP contribution in [0.1, 0.15) is 63.4 Å². The van der Waals surface area contributed by atoms with E-state index in [2.05, 4.69) is 21.0 Å². The Labute approximate surface area is 185 Å². The molecule has 1 aromatic carbocycles. The molecule has 4 heterocycles. The minimum Gasteiger partial charge on any atom is -0.351 e. The van der Waals surface area contributed by atoms with Gasteiger partial charge in [-0.3, -0.25) is 14.1 Å². The van der Waals surface area contributed by atoms with Gasteiger partial charge in [-0.2, -0.15) is 0 Å². The van der Waals surface area contributed by atoms with Crippen molar-refractivity contribution in [1.29, 1.82) is 0 Å². The first kappa shape index (κ1) is 18.6. The molecule has 6 nitrogen and oxygen atoms in total. The van der Waals surface area contributed by atoms with Gasteiger partial charge in [0.05, 0.1) is 16.9 Å². The predicted octanol–water partition coefficient (Wildman–Crippen LogP) is 4.97. The van der Waals surface area contributed by atoms with Crippen molar-refractivity contribution in [2.24, 2.45) is 7.05 Å². The van der Waals surface area contributed by atoms with Gasteiger partial charge in [0, 0.05) is 24.5 Å². The van der Waals surface area contributed by atoms with E-state index in [1.165, 1.54) is 5.56 Å². The Morgan fingerprint density at radius 1 is 1.06 bits per heavy atom. The zero-order chi connectivity index (χ0) is 21.4. The van der Waals surface area contributed by atoms with Gasteiger partial charge in [0.15, 0.2) is 5.65 Å². The van der Waals surface area contributed by atoms with Crippen LogP contribution in [0.15, 0.2) is 42.7 Å². The molecule has 0 spiro atoms. The summed E-state index contributed by atoms with van der Waals surface area (Å²) < 4.78 is 4.09. The number of rotatable bonds is 3. The molecule has 3 aromatic heterocycles. The van der Waals surface area contributed by atoms with Crippen molar-refractivity contribution in [3.05, 3.63) is 81.5 Å². The molecular weight excluding hydrogens is 410 g/mol. The van der Waals surface area contributed by atoms with E-state index in [-0.39, 0.29) is 11.9 Å². The van der Waals surface area contributed by atoms with Crippen molar-refractivity contribution in [2.45, 2.75) is 38.6 Å². The van der Waals surface area contributed by atoms with E-state index < -0.39 is 0 Å². The van der Waals surface area contributed by atoms with Crippen molar-refractivity contribution >= 4 is 28.8 Å². The molecule has 1 fully saturated rings. The van der Waals surface area contributed by atoms with Crippen LogP contribution in [0, 0.1) is 13.8 Å². The predicted molar refractivity (Wildman–Crippen MR) is 120 cm³/mol. The van der Waals surface area contributed by atoms with Crippen LogP contribution in [0.2, 0.25) is 5.02 Å². The van der Waals surface area contributed by atoms with Crippen molar-refractivity contribution in [3.8, 4) is 0 Å². The molecule has 1 aliphatic carbocycles. The van der Waals surface area contributed by atoms with Gasteiger partial charge in [-0.25, -0.2) is 0 Å². The molecule has 1 amide bonds. The van der Waals surface area contributed by atoms with Crippen LogP contribution in [0.3, 0.4) is 0 Å². The number of pyridine rings is 1. The van der Waals surface area contributed by atoms with E-state index in [9.17, 15) is 4.79 Å². The zero-order valence-corrected chi connectivity index (χ0v) is 18.4. The average molecular weight is 432 g/mol. The highest BCUT2D eigenvalue weighted by atomic mass is 35.5. The van der Waals surface area contributed by atoms with E-state index in [1.54, 1.807) is 0 Å². The minimum atomic E-state index is -0.217. The summed E-state index contributed by atoms with van der Waals surface area (Å²) in [6.07, 6.45) is 6.43. The van der Waals surface area contributed by atoms with E-state index in [4.69, 9.17) is 11.6 Å². The first-order valence-electron chi connectivity index (χ1n) is 10.5. The molecular formula is C24H22ClN5O. The van der Waals surface area contributed by atoms with Gasteiger partial charge in [-0.15, -0.1) is 10.2 Å². The summed E-state index contributed by atoms with van der Waals surface area (Å²) in [5.74, 6) is 1.35. The van der Waals surface area contributed by atoms with Crippen LogP contribution in [-0.2, 0) is 7.05 Å². The fourth-order valence-electron chi connectivity index (χ4n) is 4.89. The van der Waals surface area contributed by atoms with Gasteiger partial charge in [-0.05, 0) is 67.5 Å². The van der Waals surface area contributed by atoms with Crippen LogP contribution >= 0.6 is 11.6 Å². The van der Waals surface area contributed by atoms with Gasteiger partial charge >= 0.3 is 0 Å². The molecule has 31 heavy (non-hydrogen) atoms. The third kappa shape index (κ3) is 2.67. The van der Waals surface area contributed by atoms with Crippen LogP contribution in [-0.4, -0.2) is 25.1 Å². The lowest BCUT2D eigenvalue weighted by Gasteiger charge is -2.27. The number of carbonyl (C=O) groups is 1. The molecule has 1 aliphatic heterocycles. The molecule has 0 radical (unpaired) electrons. The minimum absolute atomic E-state index is 0.0573. The molecule has 156 valence electrons. The van der Waals surface area contributed by atoms with E-state index in [1.807, 2.05) is 66.7 Å². The Morgan fingerprint density at radius 3 is 2.52 bits per heavy atom. The number of aromatic nitrogens is 4. The number of aryl methyl sites for hydroxylation is 3. The average Bonchev–Trinajstić information content (AvgIpc) is 3.35. The molecule has 4 aromatic rings. The number of nitrogens with zero attached hydrogens (tertiary/aromatic N) is 5. The Morgan fingerprint density at radius 2 is 1.81 bits per heavy atom. The lowest BCUT2D eigenvalue weighted by atomic mass is 10.0. The van der Waals surface area contributed by atoms with Crippen molar-refractivity contribution < 1.29 is 4.79 Å². The number of benzene rings is 1. The van der Waals surface area contributed by atoms with Crippen molar-refractivity contribution in [3.63, 3.8) is 0 Å². The standard InChI is InChI=1S/C24H22ClN5O/c1-13-10-18(11-29-14(2)26-27-23(13)29)30-21(16-6-8-17(25)9-7-16)22-20(24(30)31)19(12-28(22)3)15-4-5-15/h6-12,15,21H,4-5H2,1-3H3/t21-/m1/s1. The fraction of sp³-hybridized carbons (Fsp3) is 0.292. The first-order chi connectivity index (χ1) is 14.9. The number of hydrogen-bond donors (Lipinski definition) is 0. The molecule has 0 unspecified atom stereocenters. The molecule has 0 bridgehead atoms. The van der Waals surface area contributed by atoms with Crippen LogP contribution in [0.5, 0.6) is 0 Å². The van der Waals surface area contributed by atoms with Crippen molar-refractivity contribution in [1.82, 2.24) is 19.2 Å². The van der Waals surface area contributed by atoms with Gasteiger partial charge in [0.1, 0.15) is 11.9 Å². The van der Waals surface area contributed by atoms with Crippen LogP contribution < -0.4 is 4.90 Å². The summed E-state index contributed by atoms with van der Waals surface area (Å²) in [4.78, 5) is 15.9. The topological polar surface area (TPSA) is 55.4 Å². The van der Waals surface area contributed by atoms with E-state index >= 15 is 0 Å². The number of halogens is 1. The lowest BCUT2D eigenvalue weighted by Crippen LogP contribution is -2.30. The maximum atomic E-state index is 13.9. The molecule has 0 saturated heterocycles. The number of fused-ring (bicyclic) bond motifs is 2. The normalized spacial score (nSPS) is 18.3. The van der Waals surface area contributed by atoms with Gasteiger partial charge in [0.25, 0.3) is 5.91 Å².